The van der Waals surface area contributed by atoms with Gasteiger partial charge in [-0.15, -0.1) is 15.0 Å². The fourth-order valence-corrected chi connectivity index (χ4v) is 4.37. The molecule has 0 radical (unpaired) electrons. The smallest absolute Gasteiger partial charge is 0.196 e. The maximum atomic E-state index is 12.4. The summed E-state index contributed by atoms with van der Waals surface area (Å²) in [5.41, 5.74) is 4.14. The molecule has 7 nitrogen and oxygen atoms in total. The Labute approximate surface area is 241 Å². The average molecular weight is 552 g/mol. The summed E-state index contributed by atoms with van der Waals surface area (Å²) in [5.74, 6) is 0.557. The number of ether oxygens (including phenoxy) is 1. The lowest BCUT2D eigenvalue weighted by Gasteiger charge is -2.09. The second kappa shape index (κ2) is 14.7. The highest BCUT2D eigenvalue weighted by Gasteiger charge is 2.14. The third kappa shape index (κ3) is 8.18. The zero-order valence-electron chi connectivity index (χ0n) is 23.7. The molecule has 0 amide bonds. The molecule has 1 aromatic heterocycles. The van der Waals surface area contributed by atoms with Crippen LogP contribution in [0.1, 0.15) is 66.9 Å². The number of fused-ring (bicyclic) bond motifs is 1. The molecule has 5 rings (SSSR count). The molecule has 0 aliphatic heterocycles. The Bertz CT molecular complexity index is 1530. The Morgan fingerprint density at radius 3 is 2.10 bits per heavy atom. The van der Waals surface area contributed by atoms with Gasteiger partial charge in [0.25, 0.3) is 0 Å². The lowest BCUT2D eigenvalue weighted by atomic mass is 10.0. The Hall–Kier alpha value is -4.65. The number of phenols is 2. The highest BCUT2D eigenvalue weighted by atomic mass is 16.5. The number of aromatic nitrogens is 3. The highest BCUT2D eigenvalue weighted by Crippen LogP contribution is 2.26. The molecule has 0 saturated heterocycles. The first kappa shape index (κ1) is 29.3. The van der Waals surface area contributed by atoms with Gasteiger partial charge >= 0.3 is 0 Å². The molecule has 1 heterocycles. The fraction of sp³-hybridized carbons (Fsp3) is 0.265. The number of carbonyl (C=O) groups is 1. The number of unbranched alkanes of at least 4 members (excludes halogenated alkanes) is 5. The number of rotatable bonds is 11. The van der Waals surface area contributed by atoms with Crippen LogP contribution in [0, 0.1) is 6.92 Å². The molecule has 0 atom stereocenters. The van der Waals surface area contributed by atoms with Gasteiger partial charge in [0.2, 0.25) is 0 Å². The predicted molar refractivity (Wildman–Crippen MR) is 162 cm³/mol. The minimum absolute atomic E-state index is 0.0377. The second-order valence-electron chi connectivity index (χ2n) is 9.96. The van der Waals surface area contributed by atoms with Crippen LogP contribution in [0.3, 0.4) is 0 Å². The zero-order valence-corrected chi connectivity index (χ0v) is 23.7. The molecule has 0 aliphatic rings. The molecule has 7 heteroatoms. The van der Waals surface area contributed by atoms with Gasteiger partial charge in [0.1, 0.15) is 34.0 Å². The molecule has 0 fully saturated rings. The van der Waals surface area contributed by atoms with Gasteiger partial charge in [0, 0.05) is 11.6 Å². The number of benzene rings is 4. The van der Waals surface area contributed by atoms with Crippen LogP contribution in [0.2, 0.25) is 0 Å². The first-order chi connectivity index (χ1) is 20.0. The Morgan fingerprint density at radius 2 is 1.41 bits per heavy atom. The monoisotopic (exact) mass is 551 g/mol. The maximum absolute atomic E-state index is 12.4. The number of aryl methyl sites for hydroxylation is 1. The Kier molecular flexibility index (Phi) is 10.5. The SMILES string of the molecule is CCCCCCCCOc1ccc(C(=O)c2ccccc2)c(O)c1.Cc1ccc(O)c(-n2nc3ccccc3n2)c1. The maximum Gasteiger partial charge on any atom is 0.196 e. The van der Waals surface area contributed by atoms with Crippen molar-refractivity contribution in [3.63, 3.8) is 0 Å². The summed E-state index contributed by atoms with van der Waals surface area (Å²) in [6.45, 7) is 4.81. The minimum Gasteiger partial charge on any atom is -0.507 e. The third-order valence-electron chi connectivity index (χ3n) is 6.65. The summed E-state index contributed by atoms with van der Waals surface area (Å²) < 4.78 is 5.66. The van der Waals surface area contributed by atoms with Crippen molar-refractivity contribution >= 4 is 16.8 Å². The van der Waals surface area contributed by atoms with Gasteiger partial charge in [-0.25, -0.2) is 0 Å². The molecule has 5 aromatic rings. The van der Waals surface area contributed by atoms with Crippen molar-refractivity contribution < 1.29 is 19.7 Å². The lowest BCUT2D eigenvalue weighted by Crippen LogP contribution is -2.02. The van der Waals surface area contributed by atoms with E-state index >= 15 is 0 Å². The number of hydrogen-bond donors (Lipinski definition) is 2. The van der Waals surface area contributed by atoms with Crippen molar-refractivity contribution in [3.8, 4) is 22.9 Å². The van der Waals surface area contributed by atoms with Crippen molar-refractivity contribution in [3.05, 3.63) is 108 Å². The van der Waals surface area contributed by atoms with Gasteiger partial charge < -0.3 is 14.9 Å². The molecule has 2 N–H and O–H groups in total. The Morgan fingerprint density at radius 1 is 0.756 bits per heavy atom. The number of nitrogens with zero attached hydrogens (tertiary/aromatic N) is 3. The van der Waals surface area contributed by atoms with Gasteiger partial charge in [0.15, 0.2) is 5.78 Å². The molecule has 0 unspecified atom stereocenters. The van der Waals surface area contributed by atoms with Crippen LogP contribution < -0.4 is 4.74 Å². The molecule has 0 bridgehead atoms. The first-order valence-electron chi connectivity index (χ1n) is 14.1. The number of phenolic OH excluding ortho intramolecular Hbond substituents is 2. The normalized spacial score (nSPS) is 10.7. The minimum atomic E-state index is -0.185. The van der Waals surface area contributed by atoms with Crippen LogP contribution in [-0.2, 0) is 0 Å². The van der Waals surface area contributed by atoms with Gasteiger partial charge in [-0.05, 0) is 55.3 Å². The Balaban J connectivity index is 0.000000199. The lowest BCUT2D eigenvalue weighted by molar-refractivity contribution is 0.103. The summed E-state index contributed by atoms with van der Waals surface area (Å²) in [7, 11) is 0. The van der Waals surface area contributed by atoms with Gasteiger partial charge in [-0.2, -0.15) is 0 Å². The largest absolute Gasteiger partial charge is 0.507 e. The summed E-state index contributed by atoms with van der Waals surface area (Å²) in [6, 6.07) is 26.8. The van der Waals surface area contributed by atoms with Crippen LogP contribution in [0.15, 0.2) is 91.0 Å². The van der Waals surface area contributed by atoms with E-state index < -0.39 is 0 Å². The summed E-state index contributed by atoms with van der Waals surface area (Å²) in [6.07, 6.45) is 7.25. The van der Waals surface area contributed by atoms with Crippen molar-refractivity contribution in [1.29, 1.82) is 0 Å². The predicted octanol–water partition coefficient (Wildman–Crippen LogP) is 7.80. The van der Waals surface area contributed by atoms with Crippen molar-refractivity contribution in [2.45, 2.75) is 52.4 Å². The molecule has 0 aliphatic carbocycles. The summed E-state index contributed by atoms with van der Waals surface area (Å²) in [4.78, 5) is 13.8. The van der Waals surface area contributed by atoms with Crippen LogP contribution in [-0.4, -0.2) is 37.6 Å². The quantitative estimate of drug-likeness (QED) is 0.128. The number of hydrogen-bond acceptors (Lipinski definition) is 6. The molecular formula is C34H37N3O4. The van der Waals surface area contributed by atoms with Crippen LogP contribution in [0.4, 0.5) is 0 Å². The van der Waals surface area contributed by atoms with Crippen molar-refractivity contribution in [2.24, 2.45) is 0 Å². The van der Waals surface area contributed by atoms with Gasteiger partial charge in [-0.3, -0.25) is 4.79 Å². The van der Waals surface area contributed by atoms with E-state index in [-0.39, 0.29) is 17.3 Å². The number of carbonyl (C=O) groups excluding carboxylic acids is 1. The summed E-state index contributed by atoms with van der Waals surface area (Å²) in [5, 5.41) is 28.6. The standard InChI is InChI=1S/C21H26O3.C13H11N3O/c1-2-3-4-5-6-10-15-24-18-13-14-19(20(22)16-18)21(23)17-11-8-7-9-12-17;1-9-6-7-13(17)12(8-9)16-14-10-4-2-3-5-11(10)15-16/h7-9,11-14,16,22H,2-6,10,15H2,1H3;2-8,17H,1H3. The van der Waals surface area contributed by atoms with Crippen molar-refractivity contribution in [1.82, 2.24) is 15.0 Å². The van der Waals surface area contributed by atoms with E-state index in [1.807, 2.05) is 61.5 Å². The second-order valence-corrected chi connectivity index (χ2v) is 9.96. The molecular weight excluding hydrogens is 514 g/mol. The van der Waals surface area contributed by atoms with Crippen LogP contribution in [0.25, 0.3) is 16.7 Å². The van der Waals surface area contributed by atoms with E-state index in [0.717, 1.165) is 29.4 Å². The van der Waals surface area contributed by atoms with E-state index in [0.29, 0.717) is 29.2 Å². The van der Waals surface area contributed by atoms with E-state index in [1.54, 1.807) is 30.3 Å². The molecule has 41 heavy (non-hydrogen) atoms. The first-order valence-corrected chi connectivity index (χ1v) is 14.1. The summed E-state index contributed by atoms with van der Waals surface area (Å²) >= 11 is 0. The molecule has 0 saturated carbocycles. The number of aromatic hydroxyl groups is 2. The average Bonchev–Trinajstić information content (AvgIpc) is 3.43. The molecule has 0 spiro atoms. The number of ketones is 1. The van der Waals surface area contributed by atoms with Gasteiger partial charge in [0.05, 0.1) is 12.2 Å². The van der Waals surface area contributed by atoms with Crippen molar-refractivity contribution in [2.75, 3.05) is 6.61 Å². The fourth-order valence-electron chi connectivity index (χ4n) is 4.37. The van der Waals surface area contributed by atoms with Crippen LogP contribution >= 0.6 is 0 Å². The topological polar surface area (TPSA) is 97.5 Å². The van der Waals surface area contributed by atoms with Gasteiger partial charge in [-0.1, -0.05) is 87.6 Å². The van der Waals surface area contributed by atoms with E-state index in [9.17, 15) is 15.0 Å². The molecule has 4 aromatic carbocycles. The van der Waals surface area contributed by atoms with E-state index in [2.05, 4.69) is 17.1 Å². The zero-order chi connectivity index (χ0) is 29.0. The van der Waals surface area contributed by atoms with E-state index in [1.165, 1.54) is 36.5 Å². The molecule has 212 valence electrons. The highest BCUT2D eigenvalue weighted by molar-refractivity contribution is 6.10. The van der Waals surface area contributed by atoms with E-state index in [4.69, 9.17) is 4.74 Å². The third-order valence-corrected chi connectivity index (χ3v) is 6.65. The van der Waals surface area contributed by atoms with Crippen LogP contribution in [0.5, 0.6) is 17.2 Å².